The van der Waals surface area contributed by atoms with Crippen molar-refractivity contribution in [2.75, 3.05) is 25.0 Å². The summed E-state index contributed by atoms with van der Waals surface area (Å²) in [6.07, 6.45) is -3.85. The average Bonchev–Trinajstić information content (AvgIpc) is 2.92. The maximum absolute atomic E-state index is 13.5. The number of benzene rings is 3. The third kappa shape index (κ3) is 4.90. The summed E-state index contributed by atoms with van der Waals surface area (Å²) < 4.78 is 67.2. The monoisotopic (exact) mass is 526 g/mol. The number of aromatic nitrogens is 2. The van der Waals surface area contributed by atoms with E-state index in [2.05, 4.69) is 10.2 Å². The number of piperidine rings is 1. The van der Waals surface area contributed by atoms with Crippen LogP contribution in [0.2, 0.25) is 0 Å². The third-order valence-corrected chi connectivity index (χ3v) is 6.93. The van der Waals surface area contributed by atoms with E-state index >= 15 is 0 Å². The molecule has 0 saturated carbocycles. The fraction of sp³-hybridized carbons (Fsp3) is 0.250. The zero-order valence-electron chi connectivity index (χ0n) is 20.3. The van der Waals surface area contributed by atoms with Gasteiger partial charge < -0.3 is 9.80 Å². The van der Waals surface area contributed by atoms with Crippen LogP contribution >= 0.6 is 0 Å². The Morgan fingerprint density at radius 3 is 2.18 bits per heavy atom. The van der Waals surface area contributed by atoms with Gasteiger partial charge in [0.2, 0.25) is 0 Å². The van der Waals surface area contributed by atoms with E-state index in [1.54, 1.807) is 12.1 Å². The Morgan fingerprint density at radius 1 is 0.895 bits per heavy atom. The Morgan fingerprint density at radius 2 is 1.53 bits per heavy atom. The molecule has 10 heteroatoms. The number of hydrogen-bond donors (Lipinski definition) is 0. The van der Waals surface area contributed by atoms with Crippen LogP contribution in [0.25, 0.3) is 22.0 Å². The highest BCUT2D eigenvalue weighted by Gasteiger charge is 2.37. The van der Waals surface area contributed by atoms with Crippen LogP contribution in [-0.2, 0) is 6.18 Å². The first-order valence-electron chi connectivity index (χ1n) is 12.0. The van der Waals surface area contributed by atoms with Crippen molar-refractivity contribution in [1.82, 2.24) is 15.1 Å². The van der Waals surface area contributed by atoms with Crippen molar-refractivity contribution in [1.29, 1.82) is 0 Å². The lowest BCUT2D eigenvalue weighted by Crippen LogP contribution is -2.46. The summed E-state index contributed by atoms with van der Waals surface area (Å²) in [7, 11) is 1.47. The van der Waals surface area contributed by atoms with E-state index in [0.717, 1.165) is 28.5 Å². The largest absolute Gasteiger partial charge is 0.417 e. The quantitative estimate of drug-likeness (QED) is 0.292. The molecule has 5 nitrogen and oxygen atoms in total. The lowest BCUT2D eigenvalue weighted by Gasteiger charge is -2.37. The molecule has 2 heterocycles. The lowest BCUT2D eigenvalue weighted by molar-refractivity contribution is -0.138. The van der Waals surface area contributed by atoms with Gasteiger partial charge in [-0.2, -0.15) is 13.2 Å². The Hall–Kier alpha value is -4.08. The Bertz CT molecular complexity index is 1480. The first kappa shape index (κ1) is 25.6. The molecule has 0 bridgehead atoms. The first-order valence-corrected chi connectivity index (χ1v) is 12.0. The number of nitrogens with zero attached hydrogens (tertiary/aromatic N) is 4. The van der Waals surface area contributed by atoms with Gasteiger partial charge in [0.15, 0.2) is 5.82 Å². The predicted octanol–water partition coefficient (Wildman–Crippen LogP) is 6.33. The van der Waals surface area contributed by atoms with Crippen LogP contribution in [-0.4, -0.2) is 47.2 Å². The molecule has 0 aliphatic carbocycles. The summed E-state index contributed by atoms with van der Waals surface area (Å²) in [6, 6.07) is 15.5. The van der Waals surface area contributed by atoms with Crippen LogP contribution in [0.3, 0.4) is 0 Å². The van der Waals surface area contributed by atoms with Gasteiger partial charge in [-0.1, -0.05) is 24.3 Å². The Kier molecular flexibility index (Phi) is 6.73. The fourth-order valence-electron chi connectivity index (χ4n) is 4.90. The molecule has 4 aromatic rings. The van der Waals surface area contributed by atoms with E-state index in [0.29, 0.717) is 43.5 Å². The number of anilines is 1. The second kappa shape index (κ2) is 10.00. The molecular weight excluding hydrogens is 503 g/mol. The van der Waals surface area contributed by atoms with Crippen LogP contribution in [0.1, 0.15) is 28.8 Å². The van der Waals surface area contributed by atoms with Gasteiger partial charge in [0.05, 0.1) is 11.1 Å². The van der Waals surface area contributed by atoms with E-state index in [4.69, 9.17) is 0 Å². The molecule has 1 aliphatic heterocycles. The first-order chi connectivity index (χ1) is 18.1. The SMILES string of the molecule is CN(C(=O)c1ccc(F)cc1C(F)(F)F)C1CCN(c2nnc(-c3ccc(F)cc3)c3ccccc23)CC1. The predicted molar refractivity (Wildman–Crippen MR) is 134 cm³/mol. The van der Waals surface area contributed by atoms with Crippen LogP contribution in [0.4, 0.5) is 27.8 Å². The highest BCUT2D eigenvalue weighted by molar-refractivity contribution is 6.00. The number of carbonyl (C=O) groups excluding carboxylic acids is 1. The van der Waals surface area contributed by atoms with Crippen LogP contribution in [0, 0.1) is 11.6 Å². The highest BCUT2D eigenvalue weighted by Crippen LogP contribution is 2.35. The fourth-order valence-corrected chi connectivity index (χ4v) is 4.90. The molecule has 196 valence electrons. The van der Waals surface area contributed by atoms with Crippen molar-refractivity contribution in [2.24, 2.45) is 0 Å². The molecule has 1 amide bonds. The highest BCUT2D eigenvalue weighted by atomic mass is 19.4. The third-order valence-electron chi connectivity index (χ3n) is 6.93. The zero-order chi connectivity index (χ0) is 27.0. The van der Waals surface area contributed by atoms with Gasteiger partial charge in [-0.25, -0.2) is 8.78 Å². The maximum Gasteiger partial charge on any atom is 0.417 e. The van der Waals surface area contributed by atoms with Crippen molar-refractivity contribution in [3.63, 3.8) is 0 Å². The summed E-state index contributed by atoms with van der Waals surface area (Å²) in [5.41, 5.74) is -0.490. The molecule has 1 aliphatic rings. The van der Waals surface area contributed by atoms with E-state index in [9.17, 15) is 26.7 Å². The molecule has 0 radical (unpaired) electrons. The summed E-state index contributed by atoms with van der Waals surface area (Å²) >= 11 is 0. The summed E-state index contributed by atoms with van der Waals surface area (Å²) in [4.78, 5) is 16.3. The number of carbonyl (C=O) groups is 1. The van der Waals surface area contributed by atoms with Crippen molar-refractivity contribution < 1.29 is 26.7 Å². The topological polar surface area (TPSA) is 49.3 Å². The maximum atomic E-state index is 13.5. The van der Waals surface area contributed by atoms with Gasteiger partial charge in [0, 0.05) is 42.5 Å². The number of alkyl halides is 3. The number of amides is 1. The average molecular weight is 527 g/mol. The molecule has 0 spiro atoms. The van der Waals surface area contributed by atoms with Crippen molar-refractivity contribution in [3.05, 3.63) is 89.5 Å². The van der Waals surface area contributed by atoms with Gasteiger partial charge >= 0.3 is 6.18 Å². The van der Waals surface area contributed by atoms with Gasteiger partial charge in [0.1, 0.15) is 17.3 Å². The Labute approximate surface area is 215 Å². The number of hydrogen-bond acceptors (Lipinski definition) is 4. The molecular formula is C28H23F5N4O. The smallest absolute Gasteiger partial charge is 0.354 e. The minimum Gasteiger partial charge on any atom is -0.354 e. The minimum absolute atomic E-state index is 0.303. The molecule has 0 N–H and O–H groups in total. The van der Waals surface area contributed by atoms with E-state index < -0.39 is 29.0 Å². The zero-order valence-corrected chi connectivity index (χ0v) is 20.3. The van der Waals surface area contributed by atoms with E-state index in [-0.39, 0.29) is 11.9 Å². The van der Waals surface area contributed by atoms with Crippen molar-refractivity contribution in [2.45, 2.75) is 25.1 Å². The van der Waals surface area contributed by atoms with Crippen LogP contribution in [0.15, 0.2) is 66.7 Å². The number of rotatable bonds is 4. The van der Waals surface area contributed by atoms with Crippen molar-refractivity contribution >= 4 is 22.5 Å². The number of fused-ring (bicyclic) bond motifs is 1. The molecule has 0 unspecified atom stereocenters. The second-order valence-corrected chi connectivity index (χ2v) is 9.25. The van der Waals surface area contributed by atoms with Gasteiger partial charge in [0.25, 0.3) is 5.91 Å². The molecule has 5 rings (SSSR count). The van der Waals surface area contributed by atoms with Gasteiger partial charge in [-0.05, 0) is 55.3 Å². The minimum atomic E-state index is -4.85. The molecule has 0 atom stereocenters. The van der Waals surface area contributed by atoms with Gasteiger partial charge in [-0.15, -0.1) is 10.2 Å². The Balaban J connectivity index is 1.35. The van der Waals surface area contributed by atoms with Gasteiger partial charge in [-0.3, -0.25) is 4.79 Å². The number of halogens is 5. The molecule has 1 saturated heterocycles. The molecule has 3 aromatic carbocycles. The van der Waals surface area contributed by atoms with Crippen LogP contribution in [0.5, 0.6) is 0 Å². The summed E-state index contributed by atoms with van der Waals surface area (Å²) in [5, 5.41) is 10.6. The van der Waals surface area contributed by atoms with Crippen molar-refractivity contribution in [3.8, 4) is 11.3 Å². The summed E-state index contributed by atoms with van der Waals surface area (Å²) in [6.45, 7) is 1.01. The normalized spacial score (nSPS) is 14.6. The standard InChI is InChI=1S/C28H23F5N4O/c1-36(27(38)23-11-10-19(30)16-24(23)28(31,32)33)20-12-14-37(15-13-20)26-22-5-3-2-4-21(22)25(34-35-26)17-6-8-18(29)9-7-17/h2-11,16,20H,12-15H2,1H3. The molecule has 38 heavy (non-hydrogen) atoms. The van der Waals surface area contributed by atoms with E-state index in [1.165, 1.54) is 24.1 Å². The van der Waals surface area contributed by atoms with Crippen LogP contribution < -0.4 is 4.90 Å². The lowest BCUT2D eigenvalue weighted by atomic mass is 9.99. The molecule has 1 aromatic heterocycles. The second-order valence-electron chi connectivity index (χ2n) is 9.25. The van der Waals surface area contributed by atoms with E-state index in [1.807, 2.05) is 29.2 Å². The molecule has 1 fully saturated rings. The summed E-state index contributed by atoms with van der Waals surface area (Å²) in [5.74, 6) is -1.53.